The van der Waals surface area contributed by atoms with Gasteiger partial charge in [-0.1, -0.05) is 6.58 Å². The summed E-state index contributed by atoms with van der Waals surface area (Å²) in [6.07, 6.45) is -6.08. The predicted molar refractivity (Wildman–Crippen MR) is 52.0 cm³/mol. The Balaban J connectivity index is 2.59. The first-order valence-electron chi connectivity index (χ1n) is 5.37. The van der Waals surface area contributed by atoms with Gasteiger partial charge in [0.25, 0.3) is 0 Å². The van der Waals surface area contributed by atoms with Crippen LogP contribution < -0.4 is 5.11 Å². The van der Waals surface area contributed by atoms with Crippen LogP contribution in [0.25, 0.3) is 0 Å². The first-order valence-corrected chi connectivity index (χ1v) is 5.37. The number of ether oxygens (including phenoxy) is 1. The number of rotatable bonds is 4. The first-order chi connectivity index (χ1) is 8.21. The van der Waals surface area contributed by atoms with Crippen molar-refractivity contribution in [2.24, 2.45) is 5.92 Å². The van der Waals surface area contributed by atoms with Crippen molar-refractivity contribution in [2.75, 3.05) is 0 Å². The largest absolute Gasteiger partial charge is 0.550 e. The van der Waals surface area contributed by atoms with Gasteiger partial charge in [0.1, 0.15) is 6.10 Å². The average Bonchev–Trinajstić information content (AvgIpc) is 2.63. The molecule has 0 aromatic carbocycles. The molecule has 0 heterocycles. The molecule has 1 aliphatic rings. The monoisotopic (exact) mass is 265 g/mol. The fraction of sp³-hybridized carbons (Fsp3) is 0.636. The minimum absolute atomic E-state index is 0.0889. The zero-order valence-corrected chi connectivity index (χ0v) is 9.46. The quantitative estimate of drug-likeness (QED) is 0.561. The van der Waals surface area contributed by atoms with Gasteiger partial charge in [-0.25, -0.2) is 4.79 Å². The molecule has 0 aromatic rings. The summed E-state index contributed by atoms with van der Waals surface area (Å²) in [6.45, 7) is 3.15. The van der Waals surface area contributed by atoms with E-state index < -0.39 is 42.1 Å². The number of hydrogen-bond acceptors (Lipinski definition) is 4. The molecular formula is C11H12F3O4-. The number of carboxylic acids is 1. The third kappa shape index (κ3) is 3.75. The van der Waals surface area contributed by atoms with Crippen LogP contribution in [0.2, 0.25) is 0 Å². The highest BCUT2D eigenvalue weighted by Crippen LogP contribution is 2.40. The molecule has 1 aliphatic carbocycles. The first kappa shape index (κ1) is 14.5. The van der Waals surface area contributed by atoms with E-state index in [0.717, 1.165) is 0 Å². The van der Waals surface area contributed by atoms with Gasteiger partial charge in [0.15, 0.2) is 0 Å². The second-order valence-corrected chi connectivity index (χ2v) is 4.18. The summed E-state index contributed by atoms with van der Waals surface area (Å²) in [5, 5.41) is 10.2. The number of hydrogen-bond donors (Lipinski definition) is 0. The molecular weight excluding hydrogens is 253 g/mol. The highest BCUT2D eigenvalue weighted by molar-refractivity contribution is 5.92. The molecule has 18 heavy (non-hydrogen) atoms. The summed E-state index contributed by atoms with van der Waals surface area (Å²) in [5.74, 6) is -4.33. The van der Waals surface area contributed by atoms with Crippen molar-refractivity contribution >= 4 is 11.9 Å². The number of aliphatic carboxylic acids is 1. The van der Waals surface area contributed by atoms with E-state index in [2.05, 4.69) is 11.3 Å². The van der Waals surface area contributed by atoms with Crippen molar-refractivity contribution in [3.05, 3.63) is 12.2 Å². The molecule has 4 nitrogen and oxygen atoms in total. The maximum atomic E-state index is 12.6. The zero-order chi connectivity index (χ0) is 13.9. The predicted octanol–water partition coefficient (Wildman–Crippen LogP) is 0.957. The van der Waals surface area contributed by atoms with Crippen molar-refractivity contribution in [3.8, 4) is 0 Å². The average molecular weight is 265 g/mol. The lowest BCUT2D eigenvalue weighted by molar-refractivity contribution is -0.304. The Morgan fingerprint density at radius 2 is 1.94 bits per heavy atom. The highest BCUT2D eigenvalue weighted by Gasteiger charge is 2.48. The van der Waals surface area contributed by atoms with Crippen molar-refractivity contribution in [3.63, 3.8) is 0 Å². The summed E-state index contributed by atoms with van der Waals surface area (Å²) in [5.41, 5.74) is -0.414. The van der Waals surface area contributed by atoms with Gasteiger partial charge in [0.2, 0.25) is 0 Å². The third-order valence-electron chi connectivity index (χ3n) is 2.78. The summed E-state index contributed by atoms with van der Waals surface area (Å²) in [7, 11) is 0. The molecule has 0 saturated heterocycles. The van der Waals surface area contributed by atoms with Crippen LogP contribution in [-0.2, 0) is 14.3 Å². The van der Waals surface area contributed by atoms with E-state index in [0.29, 0.717) is 6.42 Å². The molecule has 0 N–H and O–H groups in total. The van der Waals surface area contributed by atoms with Crippen LogP contribution in [0.15, 0.2) is 12.2 Å². The van der Waals surface area contributed by atoms with Crippen LogP contribution in [0.3, 0.4) is 0 Å². The van der Waals surface area contributed by atoms with Crippen molar-refractivity contribution in [2.45, 2.75) is 38.0 Å². The fourth-order valence-electron chi connectivity index (χ4n) is 1.91. The minimum Gasteiger partial charge on any atom is -0.550 e. The molecule has 0 radical (unpaired) electrons. The Hall–Kier alpha value is -1.53. The standard InChI is InChI=1S/C11H13F3O4/c1-6(5-9(15)16)10(17)18-8-4-2-3-7(8)11(12,13)14/h7-8H,1-5H2,(H,15,16)/p-1. The lowest BCUT2D eigenvalue weighted by atomic mass is 10.1. The van der Waals surface area contributed by atoms with E-state index >= 15 is 0 Å². The topological polar surface area (TPSA) is 66.4 Å². The Morgan fingerprint density at radius 3 is 2.44 bits per heavy atom. The zero-order valence-electron chi connectivity index (χ0n) is 9.46. The van der Waals surface area contributed by atoms with E-state index in [1.54, 1.807) is 0 Å². The Morgan fingerprint density at radius 1 is 1.33 bits per heavy atom. The molecule has 7 heteroatoms. The summed E-state index contributed by atoms with van der Waals surface area (Å²) < 4.78 is 42.3. The maximum Gasteiger partial charge on any atom is 0.395 e. The van der Waals surface area contributed by atoms with E-state index in [1.165, 1.54) is 0 Å². The molecule has 0 aromatic heterocycles. The van der Waals surface area contributed by atoms with Crippen molar-refractivity contribution in [1.82, 2.24) is 0 Å². The SMILES string of the molecule is C=C(CC(=O)[O-])C(=O)OC1CCCC1C(F)(F)F. The third-order valence-corrected chi connectivity index (χ3v) is 2.78. The molecule has 102 valence electrons. The summed E-state index contributed by atoms with van der Waals surface area (Å²) >= 11 is 0. The Bertz CT molecular complexity index is 362. The molecule has 0 bridgehead atoms. The highest BCUT2D eigenvalue weighted by atomic mass is 19.4. The minimum atomic E-state index is -4.42. The van der Waals surface area contributed by atoms with Crippen molar-refractivity contribution < 1.29 is 32.6 Å². The van der Waals surface area contributed by atoms with Crippen LogP contribution in [0, 0.1) is 5.92 Å². The van der Waals surface area contributed by atoms with Crippen LogP contribution in [0.4, 0.5) is 13.2 Å². The van der Waals surface area contributed by atoms with E-state index in [-0.39, 0.29) is 12.8 Å². The van der Waals surface area contributed by atoms with E-state index in [4.69, 9.17) is 0 Å². The second-order valence-electron chi connectivity index (χ2n) is 4.18. The number of carboxylic acid groups (broad SMARTS) is 1. The van der Waals surface area contributed by atoms with E-state index in [1.807, 2.05) is 0 Å². The molecule has 0 amide bonds. The number of alkyl halides is 3. The van der Waals surface area contributed by atoms with Gasteiger partial charge >= 0.3 is 12.1 Å². The lowest BCUT2D eigenvalue weighted by Gasteiger charge is -2.22. The molecule has 0 aliphatic heterocycles. The van der Waals surface area contributed by atoms with Gasteiger partial charge in [-0.15, -0.1) is 0 Å². The summed E-state index contributed by atoms with van der Waals surface area (Å²) in [6, 6.07) is 0. The lowest BCUT2D eigenvalue weighted by Crippen LogP contribution is -2.34. The Kier molecular flexibility index (Phi) is 4.37. The fourth-order valence-corrected chi connectivity index (χ4v) is 1.91. The van der Waals surface area contributed by atoms with Gasteiger partial charge in [-0.05, 0) is 19.3 Å². The normalized spacial score (nSPS) is 23.7. The number of carbonyl (C=O) groups excluding carboxylic acids is 2. The van der Waals surface area contributed by atoms with Gasteiger partial charge in [0.05, 0.1) is 5.92 Å². The van der Waals surface area contributed by atoms with Gasteiger partial charge < -0.3 is 14.6 Å². The van der Waals surface area contributed by atoms with Crippen molar-refractivity contribution in [1.29, 1.82) is 0 Å². The number of esters is 1. The van der Waals surface area contributed by atoms with Crippen LogP contribution in [-0.4, -0.2) is 24.2 Å². The van der Waals surface area contributed by atoms with Gasteiger partial charge in [-0.3, -0.25) is 0 Å². The molecule has 0 spiro atoms. The Labute approximate surface area is 101 Å². The van der Waals surface area contributed by atoms with E-state index in [9.17, 15) is 27.9 Å². The molecule has 2 atom stereocenters. The van der Waals surface area contributed by atoms with Crippen LogP contribution in [0.1, 0.15) is 25.7 Å². The van der Waals surface area contributed by atoms with Crippen LogP contribution in [0.5, 0.6) is 0 Å². The molecule has 2 unspecified atom stereocenters. The molecule has 1 saturated carbocycles. The molecule has 1 fully saturated rings. The maximum absolute atomic E-state index is 12.6. The smallest absolute Gasteiger partial charge is 0.395 e. The second kappa shape index (κ2) is 5.41. The number of carbonyl (C=O) groups is 2. The number of halogens is 3. The van der Waals surface area contributed by atoms with Gasteiger partial charge in [0, 0.05) is 18.0 Å². The van der Waals surface area contributed by atoms with Gasteiger partial charge in [-0.2, -0.15) is 13.2 Å². The van der Waals surface area contributed by atoms with Crippen LogP contribution >= 0.6 is 0 Å². The summed E-state index contributed by atoms with van der Waals surface area (Å²) in [4.78, 5) is 21.5. The molecule has 1 rings (SSSR count).